The zero-order valence-electron chi connectivity index (χ0n) is 7.68. The molecule has 2 nitrogen and oxygen atoms in total. The number of carbonyl (C=O) groups excluding carboxylic acids is 1. The summed E-state index contributed by atoms with van der Waals surface area (Å²) in [6.07, 6.45) is 0. The molecule has 54 valence electrons. The van der Waals surface area contributed by atoms with Crippen molar-refractivity contribution in [2.45, 2.75) is 13.8 Å². The molecular weight excluding hydrogens is 134 g/mol. The second-order valence-electron chi connectivity index (χ2n) is 1.92. The summed E-state index contributed by atoms with van der Waals surface area (Å²) in [7, 11) is 0. The summed E-state index contributed by atoms with van der Waals surface area (Å²) >= 11 is 0.679. The summed E-state index contributed by atoms with van der Waals surface area (Å²) in [6, 6.07) is 0. The van der Waals surface area contributed by atoms with Crippen molar-refractivity contribution in [3.8, 4) is 0 Å². The van der Waals surface area contributed by atoms with Crippen molar-refractivity contribution >= 4 is 16.9 Å². The molecule has 0 atom stereocenters. The van der Waals surface area contributed by atoms with E-state index in [4.69, 9.17) is 8.48 Å². The molecule has 0 amide bonds. The van der Waals surface area contributed by atoms with Crippen LogP contribution in [0.5, 0.6) is 0 Å². The molecule has 2 N–H and O–H groups in total. The third kappa shape index (κ3) is 4.48. The van der Waals surface area contributed by atoms with Gasteiger partial charge in [0.1, 0.15) is 0 Å². The van der Waals surface area contributed by atoms with Crippen LogP contribution < -0.4 is 5.73 Å². The second kappa shape index (κ2) is 4.82. The van der Waals surface area contributed by atoms with Crippen molar-refractivity contribution in [2.75, 3.05) is 12.2 Å². The van der Waals surface area contributed by atoms with E-state index in [1.54, 1.807) is 13.8 Å². The highest BCUT2D eigenvalue weighted by Crippen LogP contribution is 2.08. The number of hydrogen-bond donors (Lipinski definition) is 1. The first kappa shape index (κ1) is 5.74. The van der Waals surface area contributed by atoms with Gasteiger partial charge in [-0.05, 0) is 0 Å². The average molecular weight is 149 g/mol. The van der Waals surface area contributed by atoms with Gasteiger partial charge in [-0.25, -0.2) is 0 Å². The third-order valence-electron chi connectivity index (χ3n) is 0.727. The van der Waals surface area contributed by atoms with Gasteiger partial charge in [-0.15, -0.1) is 0 Å². The zero-order chi connectivity index (χ0) is 9.07. The first-order valence-corrected chi connectivity index (χ1v) is 3.63. The minimum Gasteiger partial charge on any atom is -0.330 e. The van der Waals surface area contributed by atoms with Gasteiger partial charge in [-0.1, -0.05) is 25.6 Å². The van der Waals surface area contributed by atoms with Crippen LogP contribution in [0.2, 0.25) is 0 Å². The van der Waals surface area contributed by atoms with Gasteiger partial charge in [-0.2, -0.15) is 0 Å². The van der Waals surface area contributed by atoms with Crippen LogP contribution in [-0.2, 0) is 4.79 Å². The van der Waals surface area contributed by atoms with E-state index >= 15 is 0 Å². The largest absolute Gasteiger partial charge is 0.330 e. The highest BCUT2D eigenvalue weighted by Gasteiger charge is 2.05. The molecule has 0 aliphatic rings. The lowest BCUT2D eigenvalue weighted by atomic mass is 10.3. The molecule has 0 spiro atoms. The molecule has 0 unspecified atom stereocenters. The van der Waals surface area contributed by atoms with E-state index in [-0.39, 0.29) is 17.6 Å². The molecule has 0 radical (unpaired) electrons. The zero-order valence-corrected chi connectivity index (χ0v) is 6.49. The van der Waals surface area contributed by atoms with Crippen LogP contribution in [-0.4, -0.2) is 17.4 Å². The summed E-state index contributed by atoms with van der Waals surface area (Å²) in [5, 5.41) is -0.152. The topological polar surface area (TPSA) is 43.1 Å². The van der Waals surface area contributed by atoms with Crippen LogP contribution in [0.25, 0.3) is 0 Å². The molecule has 0 aromatic carbocycles. The van der Waals surface area contributed by atoms with Gasteiger partial charge in [0.25, 0.3) is 0 Å². The molecule has 0 heterocycles. The van der Waals surface area contributed by atoms with Crippen molar-refractivity contribution < 1.29 is 7.54 Å². The molecule has 0 aliphatic heterocycles. The van der Waals surface area contributed by atoms with Gasteiger partial charge in [0.05, 0.1) is 0 Å². The molecule has 0 saturated heterocycles. The Hall–Kier alpha value is -0.0200. The number of rotatable bonds is 3. The Kier molecular flexibility index (Phi) is 3.08. The van der Waals surface area contributed by atoms with Gasteiger partial charge >= 0.3 is 0 Å². The Morgan fingerprint density at radius 2 is 2.44 bits per heavy atom. The average Bonchev–Trinajstić information content (AvgIpc) is 1.87. The van der Waals surface area contributed by atoms with Crippen molar-refractivity contribution in [3.63, 3.8) is 0 Å². The molecule has 0 rings (SSSR count). The fourth-order valence-corrected chi connectivity index (χ4v) is 0.692. The Bertz CT molecular complexity index is 150. The molecule has 3 heteroatoms. The Morgan fingerprint density at radius 3 is 2.78 bits per heavy atom. The lowest BCUT2D eigenvalue weighted by Gasteiger charge is -1.99. The van der Waals surface area contributed by atoms with E-state index in [1.165, 1.54) is 0 Å². The number of carbonyl (C=O) groups is 1. The van der Waals surface area contributed by atoms with Gasteiger partial charge in [-0.3, -0.25) is 4.79 Å². The van der Waals surface area contributed by atoms with E-state index in [0.29, 0.717) is 11.8 Å². The monoisotopic (exact) mass is 149 g/mol. The van der Waals surface area contributed by atoms with Gasteiger partial charge in [0, 0.05) is 20.9 Å². The number of thioether (sulfide) groups is 1. The van der Waals surface area contributed by atoms with Crippen molar-refractivity contribution in [1.82, 2.24) is 0 Å². The smallest absolute Gasteiger partial charge is 0.191 e. The normalized spacial score (nSPS) is 15.1. The summed E-state index contributed by atoms with van der Waals surface area (Å²) in [6.45, 7) is 3.35. The summed E-state index contributed by atoms with van der Waals surface area (Å²) in [5.41, 5.74) is 3.50. The van der Waals surface area contributed by atoms with Crippen LogP contribution in [0.1, 0.15) is 16.6 Å². The molecule has 0 aromatic heterocycles. The Morgan fingerprint density at radius 1 is 1.89 bits per heavy atom. The van der Waals surface area contributed by atoms with E-state index in [2.05, 4.69) is 0 Å². The lowest BCUT2D eigenvalue weighted by Crippen LogP contribution is -2.07. The SMILES string of the molecule is [2H]C([2H])(CN)SC(=O)C(C)C. The predicted octanol–water partition coefficient (Wildman–Crippen LogP) is 0.861. The van der Waals surface area contributed by atoms with Crippen LogP contribution in [0.3, 0.4) is 0 Å². The van der Waals surface area contributed by atoms with Crippen LogP contribution >= 0.6 is 11.8 Å². The van der Waals surface area contributed by atoms with Crippen molar-refractivity contribution in [1.29, 1.82) is 0 Å². The van der Waals surface area contributed by atoms with Crippen LogP contribution in [0.4, 0.5) is 0 Å². The second-order valence-corrected chi connectivity index (χ2v) is 2.82. The Labute approximate surface area is 63.0 Å². The molecule has 0 saturated carbocycles. The van der Waals surface area contributed by atoms with Crippen molar-refractivity contribution in [3.05, 3.63) is 0 Å². The molecule has 0 aliphatic carbocycles. The maximum Gasteiger partial charge on any atom is 0.191 e. The first-order valence-electron chi connectivity index (χ1n) is 3.82. The fourth-order valence-electron chi connectivity index (χ4n) is 0.231. The van der Waals surface area contributed by atoms with E-state index in [0.717, 1.165) is 0 Å². The van der Waals surface area contributed by atoms with E-state index in [1.807, 2.05) is 0 Å². The van der Waals surface area contributed by atoms with Gasteiger partial charge < -0.3 is 5.73 Å². The summed E-state index contributed by atoms with van der Waals surface area (Å²) in [5.74, 6) is -0.137. The quantitative estimate of drug-likeness (QED) is 0.647. The van der Waals surface area contributed by atoms with E-state index < -0.39 is 5.70 Å². The maximum atomic E-state index is 11.0. The first-order chi connectivity index (χ1) is 4.89. The fraction of sp³-hybridized carbons (Fsp3) is 0.833. The standard InChI is InChI=1S/C6H13NOS/c1-5(2)6(8)9-4-3-7/h5H,3-4,7H2,1-2H3/i4D2. The minimum atomic E-state index is -1.61. The summed E-state index contributed by atoms with van der Waals surface area (Å²) < 4.78 is 14.4. The predicted molar refractivity (Wildman–Crippen MR) is 41.4 cm³/mol. The molecule has 0 bridgehead atoms. The van der Waals surface area contributed by atoms with Gasteiger partial charge in [0.15, 0.2) is 5.12 Å². The number of hydrogen-bond acceptors (Lipinski definition) is 3. The third-order valence-corrected chi connectivity index (χ3v) is 1.71. The van der Waals surface area contributed by atoms with Crippen LogP contribution in [0, 0.1) is 5.92 Å². The van der Waals surface area contributed by atoms with Crippen molar-refractivity contribution in [2.24, 2.45) is 11.7 Å². The highest BCUT2D eigenvalue weighted by molar-refractivity contribution is 8.13. The number of nitrogens with two attached hydrogens (primary N) is 1. The Balaban J connectivity index is 3.94. The molecular formula is C6H13NOS. The molecule has 9 heavy (non-hydrogen) atoms. The molecule has 0 fully saturated rings. The maximum absolute atomic E-state index is 11.0. The lowest BCUT2D eigenvalue weighted by molar-refractivity contribution is -0.113. The highest BCUT2D eigenvalue weighted by atomic mass is 32.2. The summed E-state index contributed by atoms with van der Waals surface area (Å²) in [4.78, 5) is 11.0. The minimum absolute atomic E-state index is 0.129. The van der Waals surface area contributed by atoms with Crippen LogP contribution in [0.15, 0.2) is 0 Å². The molecule has 0 aromatic rings. The van der Waals surface area contributed by atoms with E-state index in [9.17, 15) is 4.79 Å². The van der Waals surface area contributed by atoms with Gasteiger partial charge in [0.2, 0.25) is 0 Å².